The molecule has 0 spiro atoms. The smallest absolute Gasteiger partial charge is 0.207 e. The molecule has 0 amide bonds. The van der Waals surface area contributed by atoms with Crippen LogP contribution in [-0.4, -0.2) is 8.42 Å². The molecule has 0 radical (unpaired) electrons. The van der Waals surface area contributed by atoms with Crippen LogP contribution in [0.2, 0.25) is 5.02 Å². The summed E-state index contributed by atoms with van der Waals surface area (Å²) in [7, 11) is -3.98. The van der Waals surface area contributed by atoms with E-state index in [1.807, 2.05) is 0 Å². The molecule has 2 aromatic rings. The minimum atomic E-state index is -3.98. The van der Waals surface area contributed by atoms with Crippen LogP contribution < -0.4 is 4.72 Å². The van der Waals surface area contributed by atoms with Crippen molar-refractivity contribution in [1.82, 2.24) is 4.72 Å². The van der Waals surface area contributed by atoms with Gasteiger partial charge in [-0.3, -0.25) is 0 Å². The summed E-state index contributed by atoms with van der Waals surface area (Å²) in [5.74, 6) is -2.32. The fourth-order valence-corrected chi connectivity index (χ4v) is 3.37. The van der Waals surface area contributed by atoms with Crippen LogP contribution in [0.5, 0.6) is 0 Å². The van der Waals surface area contributed by atoms with E-state index in [4.69, 9.17) is 11.6 Å². The lowest BCUT2D eigenvalue weighted by molar-refractivity contribution is 0.503. The summed E-state index contributed by atoms with van der Waals surface area (Å²) in [6.07, 6.45) is 0. The van der Waals surface area contributed by atoms with E-state index < -0.39 is 27.7 Å². The molecule has 112 valence electrons. The van der Waals surface area contributed by atoms with Crippen molar-refractivity contribution in [1.29, 1.82) is 0 Å². The Bertz CT molecular complexity index is 765. The van der Waals surface area contributed by atoms with Crippen molar-refractivity contribution < 1.29 is 17.2 Å². The predicted octanol–water partition coefficient (Wildman–Crippen LogP) is 3.66. The molecule has 1 N–H and O–H groups in total. The second-order valence-electron chi connectivity index (χ2n) is 4.44. The Labute approximate surface area is 126 Å². The Morgan fingerprint density at radius 1 is 1.10 bits per heavy atom. The molecule has 3 nitrogen and oxygen atoms in total. The SMILES string of the molecule is CC(NS(=O)(=O)c1ccc(F)c(F)c1)c1ccccc1Cl. The van der Waals surface area contributed by atoms with Crippen LogP contribution in [0.25, 0.3) is 0 Å². The third-order valence-corrected chi connectivity index (χ3v) is 4.79. The molecule has 21 heavy (non-hydrogen) atoms. The number of sulfonamides is 1. The summed E-state index contributed by atoms with van der Waals surface area (Å²) in [5.41, 5.74) is 0.588. The number of hydrogen-bond acceptors (Lipinski definition) is 2. The quantitative estimate of drug-likeness (QED) is 0.929. The van der Waals surface area contributed by atoms with Crippen LogP contribution in [0.4, 0.5) is 8.78 Å². The molecule has 1 atom stereocenters. The van der Waals surface area contributed by atoms with Gasteiger partial charge in [0.2, 0.25) is 10.0 Å². The summed E-state index contributed by atoms with van der Waals surface area (Å²) in [6, 6.07) is 8.56. The number of halogens is 3. The topological polar surface area (TPSA) is 46.2 Å². The molecule has 0 aliphatic rings. The molecular weight excluding hydrogens is 320 g/mol. The lowest BCUT2D eigenvalue weighted by atomic mass is 10.1. The van der Waals surface area contributed by atoms with E-state index in [1.54, 1.807) is 31.2 Å². The monoisotopic (exact) mass is 331 g/mol. The van der Waals surface area contributed by atoms with E-state index in [2.05, 4.69) is 4.72 Å². The molecule has 0 saturated carbocycles. The van der Waals surface area contributed by atoms with Crippen LogP contribution >= 0.6 is 11.6 Å². The van der Waals surface area contributed by atoms with Gasteiger partial charge in [-0.05, 0) is 36.8 Å². The van der Waals surface area contributed by atoms with Gasteiger partial charge in [0.15, 0.2) is 11.6 Å². The van der Waals surface area contributed by atoms with Crippen molar-refractivity contribution in [2.75, 3.05) is 0 Å². The van der Waals surface area contributed by atoms with Gasteiger partial charge in [-0.25, -0.2) is 21.9 Å². The molecule has 0 saturated heterocycles. The van der Waals surface area contributed by atoms with E-state index in [0.717, 1.165) is 12.1 Å². The fourth-order valence-electron chi connectivity index (χ4n) is 1.83. The third kappa shape index (κ3) is 3.58. The second-order valence-corrected chi connectivity index (χ2v) is 6.56. The highest BCUT2D eigenvalue weighted by molar-refractivity contribution is 7.89. The van der Waals surface area contributed by atoms with E-state index in [0.29, 0.717) is 16.7 Å². The van der Waals surface area contributed by atoms with E-state index in [-0.39, 0.29) is 4.90 Å². The first kappa shape index (κ1) is 15.9. The van der Waals surface area contributed by atoms with Gasteiger partial charge in [0.1, 0.15) is 0 Å². The molecule has 0 heterocycles. The standard InChI is InChI=1S/C14H12ClF2NO2S/c1-9(11-4-2-3-5-12(11)15)18-21(19,20)10-6-7-13(16)14(17)8-10/h2-9,18H,1H3. The number of hydrogen-bond donors (Lipinski definition) is 1. The summed E-state index contributed by atoms with van der Waals surface area (Å²) < 4.78 is 52.7. The zero-order chi connectivity index (χ0) is 15.6. The molecule has 2 rings (SSSR count). The van der Waals surface area contributed by atoms with Crippen molar-refractivity contribution in [3.05, 3.63) is 64.7 Å². The molecule has 0 aromatic heterocycles. The zero-order valence-corrected chi connectivity index (χ0v) is 12.5. The summed E-state index contributed by atoms with van der Waals surface area (Å²) in [4.78, 5) is -0.347. The van der Waals surface area contributed by atoms with Crippen LogP contribution in [0.1, 0.15) is 18.5 Å². The number of nitrogens with one attached hydrogen (secondary N) is 1. The molecule has 0 aliphatic heterocycles. The minimum Gasteiger partial charge on any atom is -0.207 e. The third-order valence-electron chi connectivity index (χ3n) is 2.91. The van der Waals surface area contributed by atoms with E-state index in [9.17, 15) is 17.2 Å². The largest absolute Gasteiger partial charge is 0.241 e. The van der Waals surface area contributed by atoms with Crippen LogP contribution in [-0.2, 0) is 10.0 Å². The van der Waals surface area contributed by atoms with Gasteiger partial charge in [-0.1, -0.05) is 29.8 Å². The molecule has 0 aliphatic carbocycles. The Hall–Kier alpha value is -1.50. The fraction of sp³-hybridized carbons (Fsp3) is 0.143. The Balaban J connectivity index is 2.29. The highest BCUT2D eigenvalue weighted by Gasteiger charge is 2.21. The molecule has 0 fully saturated rings. The van der Waals surface area contributed by atoms with E-state index >= 15 is 0 Å². The summed E-state index contributed by atoms with van der Waals surface area (Å²) in [6.45, 7) is 1.61. The van der Waals surface area contributed by atoms with Crippen molar-refractivity contribution in [2.45, 2.75) is 17.9 Å². The van der Waals surface area contributed by atoms with Gasteiger partial charge < -0.3 is 0 Å². The first-order chi connectivity index (χ1) is 9.81. The maximum atomic E-state index is 13.1. The zero-order valence-electron chi connectivity index (χ0n) is 11.0. The van der Waals surface area contributed by atoms with Crippen LogP contribution in [0, 0.1) is 11.6 Å². The molecule has 1 unspecified atom stereocenters. The minimum absolute atomic E-state index is 0.347. The average molecular weight is 332 g/mol. The number of benzene rings is 2. The maximum absolute atomic E-state index is 13.1. The van der Waals surface area contributed by atoms with E-state index in [1.165, 1.54) is 0 Å². The first-order valence-corrected chi connectivity index (χ1v) is 7.89. The van der Waals surface area contributed by atoms with Gasteiger partial charge >= 0.3 is 0 Å². The van der Waals surface area contributed by atoms with Gasteiger partial charge in [-0.15, -0.1) is 0 Å². The highest BCUT2D eigenvalue weighted by atomic mass is 35.5. The predicted molar refractivity (Wildman–Crippen MR) is 76.5 cm³/mol. The Morgan fingerprint density at radius 2 is 1.76 bits per heavy atom. The normalized spacial score (nSPS) is 13.1. The number of rotatable bonds is 4. The second kappa shape index (κ2) is 6.09. The molecular formula is C14H12ClF2NO2S. The van der Waals surface area contributed by atoms with Crippen molar-refractivity contribution in [2.24, 2.45) is 0 Å². The van der Waals surface area contributed by atoms with Crippen molar-refractivity contribution >= 4 is 21.6 Å². The first-order valence-electron chi connectivity index (χ1n) is 6.03. The van der Waals surface area contributed by atoms with Crippen molar-refractivity contribution in [3.63, 3.8) is 0 Å². The molecule has 0 bridgehead atoms. The Kier molecular flexibility index (Phi) is 4.61. The molecule has 2 aromatic carbocycles. The van der Waals surface area contributed by atoms with Gasteiger partial charge in [0.05, 0.1) is 4.90 Å². The summed E-state index contributed by atoms with van der Waals surface area (Å²) >= 11 is 6.00. The van der Waals surface area contributed by atoms with Gasteiger partial charge in [-0.2, -0.15) is 0 Å². The van der Waals surface area contributed by atoms with Crippen molar-refractivity contribution in [3.8, 4) is 0 Å². The van der Waals surface area contributed by atoms with Gasteiger partial charge in [0, 0.05) is 11.1 Å². The lowest BCUT2D eigenvalue weighted by Crippen LogP contribution is -2.27. The van der Waals surface area contributed by atoms with Crippen LogP contribution in [0.3, 0.4) is 0 Å². The average Bonchev–Trinajstić information content (AvgIpc) is 2.41. The van der Waals surface area contributed by atoms with Gasteiger partial charge in [0.25, 0.3) is 0 Å². The Morgan fingerprint density at radius 3 is 2.38 bits per heavy atom. The lowest BCUT2D eigenvalue weighted by Gasteiger charge is -2.16. The van der Waals surface area contributed by atoms with Crippen LogP contribution in [0.15, 0.2) is 47.4 Å². The summed E-state index contributed by atoms with van der Waals surface area (Å²) in [5, 5.41) is 0.415. The highest BCUT2D eigenvalue weighted by Crippen LogP contribution is 2.24. The maximum Gasteiger partial charge on any atom is 0.241 e. The molecule has 7 heteroatoms.